The summed E-state index contributed by atoms with van der Waals surface area (Å²) in [5, 5.41) is 8.76. The molecule has 0 aliphatic rings. The quantitative estimate of drug-likeness (QED) is 0.812. The van der Waals surface area contributed by atoms with Crippen molar-refractivity contribution in [3.05, 3.63) is 60.2 Å². The Morgan fingerprint density at radius 2 is 1.60 bits per heavy atom. The van der Waals surface area contributed by atoms with Gasteiger partial charge in [0.05, 0.1) is 4.87 Å². The number of hydrogen-bond donors (Lipinski definition) is 1. The molecule has 0 amide bonds. The van der Waals surface area contributed by atoms with E-state index in [1.807, 2.05) is 49.4 Å². The Balaban J connectivity index is 2.17. The van der Waals surface area contributed by atoms with Crippen LogP contribution in [0, 0.1) is 0 Å². The lowest BCUT2D eigenvalue weighted by atomic mass is 9.93. The maximum absolute atomic E-state index is 10.7. The Hall–Kier alpha value is -1.80. The van der Waals surface area contributed by atoms with Gasteiger partial charge in [-0.05, 0) is 30.0 Å². The van der Waals surface area contributed by atoms with Gasteiger partial charge in [-0.15, -0.1) is 11.6 Å². The largest absolute Gasteiger partial charge is 0.481 e. The Morgan fingerprint density at radius 1 is 1.05 bits per heavy atom. The van der Waals surface area contributed by atoms with Gasteiger partial charge in [-0.2, -0.15) is 0 Å². The smallest absolute Gasteiger partial charge is 0.303 e. The number of carboxylic acids is 1. The first-order valence-electron chi connectivity index (χ1n) is 6.56. The van der Waals surface area contributed by atoms with E-state index in [0.29, 0.717) is 6.42 Å². The van der Waals surface area contributed by atoms with Crippen LogP contribution in [0.2, 0.25) is 0 Å². The number of rotatable bonds is 5. The van der Waals surface area contributed by atoms with E-state index in [1.54, 1.807) is 0 Å². The van der Waals surface area contributed by atoms with Crippen LogP contribution >= 0.6 is 11.6 Å². The zero-order chi connectivity index (χ0) is 14.6. The highest BCUT2D eigenvalue weighted by Crippen LogP contribution is 2.34. The predicted octanol–water partition coefficient (Wildman–Crippen LogP) is 4.67. The molecule has 0 spiro atoms. The predicted molar refractivity (Wildman–Crippen MR) is 82.0 cm³/mol. The molecule has 2 aromatic carbocycles. The minimum Gasteiger partial charge on any atom is -0.481 e. The molecule has 0 fully saturated rings. The summed E-state index contributed by atoms with van der Waals surface area (Å²) < 4.78 is 0. The molecule has 0 aliphatic carbocycles. The van der Waals surface area contributed by atoms with E-state index >= 15 is 0 Å². The molecule has 1 unspecified atom stereocenters. The summed E-state index contributed by atoms with van der Waals surface area (Å²) in [7, 11) is 0. The first kappa shape index (κ1) is 14.6. The molecule has 2 aromatic rings. The number of hydrogen-bond acceptors (Lipinski definition) is 1. The van der Waals surface area contributed by atoms with Crippen molar-refractivity contribution < 1.29 is 9.90 Å². The van der Waals surface area contributed by atoms with Crippen LogP contribution in [0.25, 0.3) is 11.1 Å². The summed E-state index contributed by atoms with van der Waals surface area (Å²) >= 11 is 6.44. The second-order valence-corrected chi connectivity index (χ2v) is 5.87. The highest BCUT2D eigenvalue weighted by Gasteiger charge is 2.24. The SMILES string of the molecule is CC(Cl)(CCC(=O)O)c1ccc(-c2ccccc2)cc1. The van der Waals surface area contributed by atoms with Crippen LogP contribution < -0.4 is 0 Å². The Labute approximate surface area is 124 Å². The van der Waals surface area contributed by atoms with Gasteiger partial charge in [0, 0.05) is 6.42 Å². The van der Waals surface area contributed by atoms with Crippen molar-refractivity contribution in [2.45, 2.75) is 24.6 Å². The standard InChI is InChI=1S/C17H17ClO2/c1-17(18,12-11-16(19)20)15-9-7-14(8-10-15)13-5-3-2-4-6-13/h2-10H,11-12H2,1H3,(H,19,20). The fourth-order valence-electron chi connectivity index (χ4n) is 2.13. The molecule has 1 atom stereocenters. The molecule has 0 saturated carbocycles. The average molecular weight is 289 g/mol. The van der Waals surface area contributed by atoms with E-state index in [4.69, 9.17) is 16.7 Å². The van der Waals surface area contributed by atoms with Crippen LogP contribution in [-0.4, -0.2) is 11.1 Å². The highest BCUT2D eigenvalue weighted by atomic mass is 35.5. The number of benzene rings is 2. The van der Waals surface area contributed by atoms with Gasteiger partial charge in [0.1, 0.15) is 0 Å². The van der Waals surface area contributed by atoms with Crippen LogP contribution in [0.3, 0.4) is 0 Å². The van der Waals surface area contributed by atoms with Gasteiger partial charge >= 0.3 is 5.97 Å². The van der Waals surface area contributed by atoms with Crippen molar-refractivity contribution in [1.29, 1.82) is 0 Å². The summed E-state index contributed by atoms with van der Waals surface area (Å²) in [5.41, 5.74) is 3.22. The molecule has 104 valence electrons. The van der Waals surface area contributed by atoms with E-state index in [2.05, 4.69) is 12.1 Å². The Morgan fingerprint density at radius 3 is 2.15 bits per heavy atom. The van der Waals surface area contributed by atoms with Crippen molar-refractivity contribution in [3.63, 3.8) is 0 Å². The lowest BCUT2D eigenvalue weighted by Crippen LogP contribution is -2.15. The minimum atomic E-state index is -0.821. The normalized spacial score (nSPS) is 13.7. The Kier molecular flexibility index (Phi) is 4.46. The number of carbonyl (C=O) groups is 1. The van der Waals surface area contributed by atoms with Gasteiger partial charge in [-0.1, -0.05) is 54.6 Å². The van der Waals surface area contributed by atoms with Gasteiger partial charge < -0.3 is 5.11 Å². The monoisotopic (exact) mass is 288 g/mol. The van der Waals surface area contributed by atoms with Crippen molar-refractivity contribution in [1.82, 2.24) is 0 Å². The van der Waals surface area contributed by atoms with E-state index in [1.165, 1.54) is 0 Å². The fourth-order valence-corrected chi connectivity index (χ4v) is 2.35. The number of halogens is 1. The molecule has 0 bridgehead atoms. The summed E-state index contributed by atoms with van der Waals surface area (Å²) in [6, 6.07) is 18.1. The number of alkyl halides is 1. The first-order valence-corrected chi connectivity index (χ1v) is 6.93. The van der Waals surface area contributed by atoms with Crippen molar-refractivity contribution >= 4 is 17.6 Å². The molecular weight excluding hydrogens is 272 g/mol. The third-order valence-corrected chi connectivity index (χ3v) is 3.81. The van der Waals surface area contributed by atoms with Gasteiger partial charge in [-0.25, -0.2) is 0 Å². The van der Waals surface area contributed by atoms with Gasteiger partial charge in [0.15, 0.2) is 0 Å². The van der Waals surface area contributed by atoms with E-state index in [0.717, 1.165) is 16.7 Å². The molecule has 0 saturated heterocycles. The second-order valence-electron chi connectivity index (χ2n) is 5.03. The third kappa shape index (κ3) is 3.61. The minimum absolute atomic E-state index is 0.0699. The van der Waals surface area contributed by atoms with Gasteiger partial charge in [0.25, 0.3) is 0 Å². The maximum atomic E-state index is 10.7. The molecule has 1 N–H and O–H groups in total. The zero-order valence-corrected chi connectivity index (χ0v) is 12.1. The van der Waals surface area contributed by atoms with E-state index < -0.39 is 10.8 Å². The zero-order valence-electron chi connectivity index (χ0n) is 11.3. The molecule has 0 aromatic heterocycles. The van der Waals surface area contributed by atoms with Gasteiger partial charge in [0.2, 0.25) is 0 Å². The average Bonchev–Trinajstić information content (AvgIpc) is 2.46. The lowest BCUT2D eigenvalue weighted by Gasteiger charge is -2.22. The number of aliphatic carboxylic acids is 1. The molecule has 0 aliphatic heterocycles. The maximum Gasteiger partial charge on any atom is 0.303 e. The molecular formula is C17H17ClO2. The van der Waals surface area contributed by atoms with Crippen molar-refractivity contribution in [3.8, 4) is 11.1 Å². The second kappa shape index (κ2) is 6.10. The van der Waals surface area contributed by atoms with E-state index in [-0.39, 0.29) is 6.42 Å². The molecule has 2 nitrogen and oxygen atoms in total. The van der Waals surface area contributed by atoms with Crippen molar-refractivity contribution in [2.75, 3.05) is 0 Å². The highest BCUT2D eigenvalue weighted by molar-refractivity contribution is 6.23. The van der Waals surface area contributed by atoms with Crippen LogP contribution in [0.4, 0.5) is 0 Å². The summed E-state index contributed by atoms with van der Waals surface area (Å²) in [5.74, 6) is -0.821. The number of carboxylic acid groups (broad SMARTS) is 1. The first-order chi connectivity index (χ1) is 9.49. The molecule has 3 heteroatoms. The van der Waals surface area contributed by atoms with Crippen molar-refractivity contribution in [2.24, 2.45) is 0 Å². The molecule has 0 heterocycles. The molecule has 20 heavy (non-hydrogen) atoms. The third-order valence-electron chi connectivity index (χ3n) is 3.40. The fraction of sp³-hybridized carbons (Fsp3) is 0.235. The lowest BCUT2D eigenvalue weighted by molar-refractivity contribution is -0.137. The van der Waals surface area contributed by atoms with Gasteiger partial charge in [-0.3, -0.25) is 4.79 Å². The van der Waals surface area contributed by atoms with Crippen LogP contribution in [0.5, 0.6) is 0 Å². The van der Waals surface area contributed by atoms with Crippen LogP contribution in [0.1, 0.15) is 25.3 Å². The molecule has 2 rings (SSSR count). The summed E-state index contributed by atoms with van der Waals surface area (Å²) in [4.78, 5) is 10.0. The van der Waals surface area contributed by atoms with Crippen LogP contribution in [-0.2, 0) is 9.67 Å². The van der Waals surface area contributed by atoms with E-state index in [9.17, 15) is 4.79 Å². The van der Waals surface area contributed by atoms with Crippen LogP contribution in [0.15, 0.2) is 54.6 Å². The Bertz CT molecular complexity index is 574. The summed E-state index contributed by atoms with van der Waals surface area (Å²) in [6.45, 7) is 1.86. The topological polar surface area (TPSA) is 37.3 Å². The molecule has 0 radical (unpaired) electrons. The summed E-state index contributed by atoms with van der Waals surface area (Å²) in [6.07, 6.45) is 0.481.